The van der Waals surface area contributed by atoms with Gasteiger partial charge in [-0.25, -0.2) is 4.39 Å². The van der Waals surface area contributed by atoms with Gasteiger partial charge in [-0.05, 0) is 36.8 Å². The summed E-state index contributed by atoms with van der Waals surface area (Å²) in [6.07, 6.45) is 1.68. The van der Waals surface area contributed by atoms with Crippen LogP contribution in [-0.2, 0) is 11.3 Å². The second kappa shape index (κ2) is 11.1. The van der Waals surface area contributed by atoms with Crippen molar-refractivity contribution in [3.05, 3.63) is 65.6 Å². The van der Waals surface area contributed by atoms with Gasteiger partial charge in [0.2, 0.25) is 5.91 Å². The molecule has 3 aromatic rings. The smallest absolute Gasteiger partial charge is 0.273 e. The Morgan fingerprint density at radius 1 is 1.09 bits per heavy atom. The summed E-state index contributed by atoms with van der Waals surface area (Å²) >= 11 is 0. The lowest BCUT2D eigenvalue weighted by Gasteiger charge is -2.31. The van der Waals surface area contributed by atoms with E-state index in [0.717, 1.165) is 5.56 Å². The molecule has 2 N–H and O–H groups in total. The van der Waals surface area contributed by atoms with Crippen molar-refractivity contribution in [2.24, 2.45) is 5.41 Å². The Labute approximate surface area is 205 Å². The van der Waals surface area contributed by atoms with E-state index in [-0.39, 0.29) is 23.2 Å². The summed E-state index contributed by atoms with van der Waals surface area (Å²) in [6, 6.07) is 15.1. The van der Waals surface area contributed by atoms with Crippen molar-refractivity contribution in [1.29, 1.82) is 5.26 Å². The molecule has 0 fully saturated rings. The van der Waals surface area contributed by atoms with Gasteiger partial charge in [-0.1, -0.05) is 63.2 Å². The molecule has 184 valence electrons. The first-order valence-corrected chi connectivity index (χ1v) is 11.8. The second-order valence-electron chi connectivity index (χ2n) is 9.74. The Balaban J connectivity index is 1.85. The number of fused-ring (bicyclic) bond motifs is 1. The number of unbranched alkanes of at least 4 members (excludes halogenated alkanes) is 2. The predicted octanol–water partition coefficient (Wildman–Crippen LogP) is 4.89. The molecule has 35 heavy (non-hydrogen) atoms. The highest BCUT2D eigenvalue weighted by molar-refractivity contribution is 6.06. The maximum atomic E-state index is 14.7. The van der Waals surface area contributed by atoms with Crippen molar-refractivity contribution in [3.63, 3.8) is 0 Å². The van der Waals surface area contributed by atoms with Gasteiger partial charge in [0.15, 0.2) is 5.69 Å². The minimum atomic E-state index is -0.842. The molecule has 1 heterocycles. The monoisotopic (exact) mass is 477 g/mol. The van der Waals surface area contributed by atoms with E-state index in [0.29, 0.717) is 31.2 Å². The van der Waals surface area contributed by atoms with Crippen LogP contribution in [0.5, 0.6) is 0 Å². The maximum Gasteiger partial charge on any atom is 0.273 e. The van der Waals surface area contributed by atoms with Gasteiger partial charge in [0.25, 0.3) is 5.91 Å². The van der Waals surface area contributed by atoms with Gasteiger partial charge in [-0.3, -0.25) is 14.3 Å². The van der Waals surface area contributed by atoms with Crippen molar-refractivity contribution < 1.29 is 14.0 Å². The normalized spacial score (nSPS) is 13.1. The number of rotatable bonds is 9. The lowest BCUT2D eigenvalue weighted by Crippen LogP contribution is -2.54. The number of halogens is 1. The van der Waals surface area contributed by atoms with E-state index in [1.807, 2.05) is 58.0 Å². The summed E-state index contributed by atoms with van der Waals surface area (Å²) in [5, 5.41) is 19.4. The van der Waals surface area contributed by atoms with Gasteiger partial charge in [-0.15, -0.1) is 0 Å². The SMILES string of the molecule is C[C@@H](NC(=O)C(NC(=O)c1nn(CCCCC#N)c2c(F)cccc12)C(C)(C)C)c1ccccc1. The standard InChI is InChI=1S/C27H32FN5O2/c1-18(19-12-7-5-8-13-19)30-26(35)24(27(2,3)4)31-25(34)22-20-14-11-15-21(28)23(20)33(32-22)17-10-6-9-16-29/h5,7-8,11-15,18,24H,6,9-10,17H2,1-4H3,(H,30,35)(H,31,34)/t18-,24?/m1/s1. The van der Waals surface area contributed by atoms with Crippen LogP contribution in [0.25, 0.3) is 10.9 Å². The van der Waals surface area contributed by atoms with Crippen LogP contribution < -0.4 is 10.6 Å². The first-order chi connectivity index (χ1) is 16.6. The number of hydrogen-bond donors (Lipinski definition) is 2. The number of nitrogens with zero attached hydrogens (tertiary/aromatic N) is 3. The number of para-hydroxylation sites is 1. The molecule has 7 nitrogen and oxygen atoms in total. The van der Waals surface area contributed by atoms with Crippen LogP contribution in [0.1, 0.15) is 69.1 Å². The molecule has 2 atom stereocenters. The van der Waals surface area contributed by atoms with Crippen LogP contribution in [0.2, 0.25) is 0 Å². The van der Waals surface area contributed by atoms with E-state index in [2.05, 4.69) is 21.8 Å². The zero-order valence-electron chi connectivity index (χ0n) is 20.6. The number of nitriles is 1. The first kappa shape index (κ1) is 25.9. The van der Waals surface area contributed by atoms with Crippen molar-refractivity contribution >= 4 is 22.7 Å². The van der Waals surface area contributed by atoms with E-state index in [9.17, 15) is 14.0 Å². The molecule has 0 aliphatic rings. The topological polar surface area (TPSA) is 99.8 Å². The van der Waals surface area contributed by atoms with Crippen molar-refractivity contribution in [1.82, 2.24) is 20.4 Å². The minimum Gasteiger partial charge on any atom is -0.348 e. The summed E-state index contributed by atoms with van der Waals surface area (Å²) in [4.78, 5) is 26.6. The highest BCUT2D eigenvalue weighted by Crippen LogP contribution is 2.25. The number of benzene rings is 2. The summed E-state index contributed by atoms with van der Waals surface area (Å²) in [5.41, 5.74) is 0.676. The van der Waals surface area contributed by atoms with Crippen LogP contribution in [-0.4, -0.2) is 27.6 Å². The van der Waals surface area contributed by atoms with Gasteiger partial charge in [0.1, 0.15) is 17.4 Å². The number of hydrogen-bond acceptors (Lipinski definition) is 4. The summed E-state index contributed by atoms with van der Waals surface area (Å²) in [5.74, 6) is -1.33. The van der Waals surface area contributed by atoms with Crippen molar-refractivity contribution in [3.8, 4) is 6.07 Å². The average Bonchev–Trinajstić information content (AvgIpc) is 3.20. The molecule has 1 aromatic heterocycles. The van der Waals surface area contributed by atoms with E-state index >= 15 is 0 Å². The van der Waals surface area contributed by atoms with E-state index < -0.39 is 23.2 Å². The summed E-state index contributed by atoms with van der Waals surface area (Å²) < 4.78 is 16.1. The second-order valence-corrected chi connectivity index (χ2v) is 9.74. The number of carbonyl (C=O) groups is 2. The third kappa shape index (κ3) is 6.24. The first-order valence-electron chi connectivity index (χ1n) is 11.8. The van der Waals surface area contributed by atoms with Gasteiger partial charge in [-0.2, -0.15) is 10.4 Å². The zero-order chi connectivity index (χ0) is 25.6. The Hall–Kier alpha value is -3.73. The molecule has 0 aliphatic carbocycles. The molecule has 0 bridgehead atoms. The Morgan fingerprint density at radius 2 is 1.80 bits per heavy atom. The van der Waals surface area contributed by atoms with Crippen molar-refractivity contribution in [2.45, 2.75) is 65.6 Å². The fraction of sp³-hybridized carbons (Fsp3) is 0.407. The molecule has 3 rings (SSSR count). The molecule has 2 aromatic carbocycles. The van der Waals surface area contributed by atoms with Gasteiger partial charge in [0, 0.05) is 18.4 Å². The molecule has 0 saturated carbocycles. The minimum absolute atomic E-state index is 0.0675. The van der Waals surface area contributed by atoms with Crippen LogP contribution >= 0.6 is 0 Å². The summed E-state index contributed by atoms with van der Waals surface area (Å²) in [7, 11) is 0. The maximum absolute atomic E-state index is 14.7. The summed E-state index contributed by atoms with van der Waals surface area (Å²) in [6.45, 7) is 7.88. The quantitative estimate of drug-likeness (QED) is 0.429. The molecule has 2 amide bonds. The fourth-order valence-electron chi connectivity index (χ4n) is 3.99. The molecule has 0 radical (unpaired) electrons. The molecule has 0 spiro atoms. The largest absolute Gasteiger partial charge is 0.348 e. The van der Waals surface area contributed by atoms with Crippen LogP contribution in [0.3, 0.4) is 0 Å². The van der Waals surface area contributed by atoms with E-state index in [1.54, 1.807) is 6.07 Å². The lowest BCUT2D eigenvalue weighted by atomic mass is 9.85. The van der Waals surface area contributed by atoms with Gasteiger partial charge >= 0.3 is 0 Å². The Kier molecular flexibility index (Phi) is 8.23. The van der Waals surface area contributed by atoms with Crippen LogP contribution in [0, 0.1) is 22.6 Å². The van der Waals surface area contributed by atoms with Crippen LogP contribution in [0.15, 0.2) is 48.5 Å². The van der Waals surface area contributed by atoms with Gasteiger partial charge in [0.05, 0.1) is 12.1 Å². The molecular weight excluding hydrogens is 445 g/mol. The Bertz CT molecular complexity index is 1220. The van der Waals surface area contributed by atoms with Crippen LogP contribution in [0.4, 0.5) is 4.39 Å². The highest BCUT2D eigenvalue weighted by atomic mass is 19.1. The molecule has 0 aliphatic heterocycles. The molecular formula is C27H32FN5O2. The fourth-order valence-corrected chi connectivity index (χ4v) is 3.99. The Morgan fingerprint density at radius 3 is 2.46 bits per heavy atom. The third-order valence-corrected chi connectivity index (χ3v) is 5.91. The highest BCUT2D eigenvalue weighted by Gasteiger charge is 2.35. The number of nitrogens with one attached hydrogen (secondary N) is 2. The average molecular weight is 478 g/mol. The van der Waals surface area contributed by atoms with E-state index in [1.165, 1.54) is 16.8 Å². The molecule has 0 saturated heterocycles. The number of carbonyl (C=O) groups excluding carboxylic acids is 2. The zero-order valence-corrected chi connectivity index (χ0v) is 20.6. The number of aromatic nitrogens is 2. The third-order valence-electron chi connectivity index (χ3n) is 5.91. The predicted molar refractivity (Wildman–Crippen MR) is 133 cm³/mol. The number of aryl methyl sites for hydroxylation is 1. The number of amides is 2. The van der Waals surface area contributed by atoms with E-state index in [4.69, 9.17) is 5.26 Å². The lowest BCUT2D eigenvalue weighted by molar-refractivity contribution is -0.126. The van der Waals surface area contributed by atoms with Crippen molar-refractivity contribution in [2.75, 3.05) is 0 Å². The molecule has 8 heteroatoms. The molecule has 1 unspecified atom stereocenters. The van der Waals surface area contributed by atoms with Gasteiger partial charge < -0.3 is 10.6 Å².